The molecule has 0 saturated carbocycles. The summed E-state index contributed by atoms with van der Waals surface area (Å²) >= 11 is 0. The van der Waals surface area contributed by atoms with Crippen molar-refractivity contribution in [2.75, 3.05) is 38.9 Å². The van der Waals surface area contributed by atoms with Gasteiger partial charge in [0.15, 0.2) is 0 Å². The average molecular weight is 329 g/mol. The molecule has 2 rings (SSSR count). The highest BCUT2D eigenvalue weighted by Gasteiger charge is 2.09. The number of anilines is 2. The molecule has 6 heteroatoms. The van der Waals surface area contributed by atoms with E-state index in [-0.39, 0.29) is 12.5 Å². The monoisotopic (exact) mass is 329 g/mol. The van der Waals surface area contributed by atoms with Gasteiger partial charge in [0.1, 0.15) is 11.5 Å². The van der Waals surface area contributed by atoms with Crippen molar-refractivity contribution in [2.24, 2.45) is 0 Å². The summed E-state index contributed by atoms with van der Waals surface area (Å²) < 4.78 is 10.4. The van der Waals surface area contributed by atoms with Crippen molar-refractivity contribution in [2.45, 2.75) is 6.54 Å². The van der Waals surface area contributed by atoms with Crippen LogP contribution in [0.15, 0.2) is 42.5 Å². The molecule has 0 aliphatic heterocycles. The van der Waals surface area contributed by atoms with Crippen molar-refractivity contribution in [3.63, 3.8) is 0 Å². The van der Waals surface area contributed by atoms with Crippen LogP contribution in [0, 0.1) is 0 Å². The molecule has 24 heavy (non-hydrogen) atoms. The number of carbonyl (C=O) groups is 1. The molecule has 0 aliphatic rings. The second kappa shape index (κ2) is 8.21. The number of nitrogen functional groups attached to an aromatic ring is 1. The third-order valence-corrected chi connectivity index (χ3v) is 3.45. The second-order valence-corrected chi connectivity index (χ2v) is 5.57. The first kappa shape index (κ1) is 17.6. The summed E-state index contributed by atoms with van der Waals surface area (Å²) in [7, 11) is 5.02. The Morgan fingerprint density at radius 3 is 2.38 bits per heavy atom. The Labute approximate surface area is 142 Å². The van der Waals surface area contributed by atoms with Crippen LogP contribution < -0.4 is 20.5 Å². The zero-order valence-corrected chi connectivity index (χ0v) is 14.2. The van der Waals surface area contributed by atoms with Crippen LogP contribution in [0.1, 0.15) is 5.56 Å². The van der Waals surface area contributed by atoms with Gasteiger partial charge in [-0.1, -0.05) is 12.1 Å². The number of benzene rings is 2. The highest BCUT2D eigenvalue weighted by atomic mass is 16.5. The van der Waals surface area contributed by atoms with Crippen LogP contribution in [-0.2, 0) is 11.3 Å². The number of hydrogen-bond donors (Lipinski definition) is 2. The highest BCUT2D eigenvalue weighted by molar-refractivity contribution is 5.92. The molecule has 128 valence electrons. The molecule has 3 N–H and O–H groups in total. The van der Waals surface area contributed by atoms with Crippen LogP contribution in [0.5, 0.6) is 11.5 Å². The van der Waals surface area contributed by atoms with E-state index in [9.17, 15) is 4.79 Å². The number of nitrogens with one attached hydrogen (secondary N) is 1. The molecule has 2 aromatic rings. The quantitative estimate of drug-likeness (QED) is 0.763. The fraction of sp³-hybridized carbons (Fsp3) is 0.278. The van der Waals surface area contributed by atoms with Gasteiger partial charge < -0.3 is 20.5 Å². The van der Waals surface area contributed by atoms with E-state index in [1.807, 2.05) is 36.2 Å². The summed E-state index contributed by atoms with van der Waals surface area (Å²) in [5.41, 5.74) is 8.18. The second-order valence-electron chi connectivity index (χ2n) is 5.57. The summed E-state index contributed by atoms with van der Waals surface area (Å²) in [5.74, 6) is 1.13. The van der Waals surface area contributed by atoms with Crippen LogP contribution in [-0.4, -0.2) is 38.6 Å². The smallest absolute Gasteiger partial charge is 0.238 e. The number of hydrogen-bond acceptors (Lipinski definition) is 5. The van der Waals surface area contributed by atoms with E-state index >= 15 is 0 Å². The van der Waals surface area contributed by atoms with Crippen molar-refractivity contribution in [3.05, 3.63) is 48.0 Å². The lowest BCUT2D eigenvalue weighted by Crippen LogP contribution is -2.29. The fourth-order valence-corrected chi connectivity index (χ4v) is 2.38. The zero-order chi connectivity index (χ0) is 17.5. The molecule has 6 nitrogen and oxygen atoms in total. The van der Waals surface area contributed by atoms with Gasteiger partial charge in [-0.3, -0.25) is 9.69 Å². The number of amides is 1. The minimum atomic E-state index is -0.114. The number of rotatable bonds is 7. The van der Waals surface area contributed by atoms with E-state index in [4.69, 9.17) is 15.2 Å². The Morgan fingerprint density at radius 2 is 1.79 bits per heavy atom. The van der Waals surface area contributed by atoms with Gasteiger partial charge in [0.25, 0.3) is 0 Å². The Bertz CT molecular complexity index is 681. The first-order valence-corrected chi connectivity index (χ1v) is 7.56. The maximum atomic E-state index is 12.2. The van der Waals surface area contributed by atoms with Gasteiger partial charge in [0, 0.05) is 36.1 Å². The van der Waals surface area contributed by atoms with E-state index in [0.717, 1.165) is 5.56 Å². The predicted molar refractivity (Wildman–Crippen MR) is 95.4 cm³/mol. The molecule has 0 radical (unpaired) electrons. The van der Waals surface area contributed by atoms with Gasteiger partial charge in [0.05, 0.1) is 20.8 Å². The molecule has 0 saturated heterocycles. The topological polar surface area (TPSA) is 76.8 Å². The maximum Gasteiger partial charge on any atom is 0.238 e. The Hall–Kier alpha value is -2.73. The Morgan fingerprint density at radius 1 is 1.12 bits per heavy atom. The first-order chi connectivity index (χ1) is 11.5. The number of ether oxygens (including phenoxy) is 2. The van der Waals surface area contributed by atoms with Crippen LogP contribution in [0.4, 0.5) is 11.4 Å². The molecule has 0 fully saturated rings. The van der Waals surface area contributed by atoms with Gasteiger partial charge in [-0.25, -0.2) is 0 Å². The number of methoxy groups -OCH3 is 2. The lowest BCUT2D eigenvalue weighted by Gasteiger charge is -2.17. The van der Waals surface area contributed by atoms with E-state index in [2.05, 4.69) is 5.32 Å². The van der Waals surface area contributed by atoms with Crippen LogP contribution in [0.3, 0.4) is 0 Å². The SMILES string of the molecule is COc1cc(NC(=O)CN(C)Cc2cccc(N)c2)cc(OC)c1. The minimum Gasteiger partial charge on any atom is -0.497 e. The molecule has 2 aromatic carbocycles. The van der Waals surface area contributed by atoms with Gasteiger partial charge >= 0.3 is 0 Å². The van der Waals surface area contributed by atoms with E-state index in [1.54, 1.807) is 32.4 Å². The number of nitrogens with zero attached hydrogens (tertiary/aromatic N) is 1. The van der Waals surface area contributed by atoms with E-state index in [1.165, 1.54) is 0 Å². The van der Waals surface area contributed by atoms with E-state index in [0.29, 0.717) is 29.4 Å². The summed E-state index contributed by atoms with van der Waals surface area (Å²) in [5, 5.41) is 2.85. The largest absolute Gasteiger partial charge is 0.497 e. The van der Waals surface area contributed by atoms with Crippen molar-refractivity contribution >= 4 is 17.3 Å². The minimum absolute atomic E-state index is 0.114. The van der Waals surface area contributed by atoms with E-state index < -0.39 is 0 Å². The standard InChI is InChI=1S/C18H23N3O3/c1-21(11-13-5-4-6-14(19)7-13)12-18(22)20-15-8-16(23-2)10-17(9-15)24-3/h4-10H,11-12,19H2,1-3H3,(H,20,22). The molecule has 0 spiro atoms. The van der Waals surface area contributed by atoms with Gasteiger partial charge in [-0.2, -0.15) is 0 Å². The Balaban J connectivity index is 1.95. The zero-order valence-electron chi connectivity index (χ0n) is 14.2. The predicted octanol–water partition coefficient (Wildman–Crippen LogP) is 2.36. The number of nitrogens with two attached hydrogens (primary N) is 1. The van der Waals surface area contributed by atoms with Crippen molar-refractivity contribution in [1.29, 1.82) is 0 Å². The normalized spacial score (nSPS) is 10.5. The van der Waals surface area contributed by atoms with Gasteiger partial charge in [-0.05, 0) is 24.7 Å². The first-order valence-electron chi connectivity index (χ1n) is 7.56. The molecule has 0 unspecified atom stereocenters. The number of likely N-dealkylation sites (N-methyl/N-ethyl adjacent to an activating group) is 1. The van der Waals surface area contributed by atoms with Crippen LogP contribution in [0.25, 0.3) is 0 Å². The van der Waals surface area contributed by atoms with Crippen LogP contribution in [0.2, 0.25) is 0 Å². The number of carbonyl (C=O) groups excluding carboxylic acids is 1. The molecule has 0 aliphatic carbocycles. The van der Waals surface area contributed by atoms with Crippen molar-refractivity contribution < 1.29 is 14.3 Å². The summed E-state index contributed by atoms with van der Waals surface area (Å²) in [4.78, 5) is 14.1. The highest BCUT2D eigenvalue weighted by Crippen LogP contribution is 2.25. The fourth-order valence-electron chi connectivity index (χ4n) is 2.38. The average Bonchev–Trinajstić information content (AvgIpc) is 2.54. The summed E-state index contributed by atoms with van der Waals surface area (Å²) in [6, 6.07) is 12.9. The van der Waals surface area contributed by atoms with Gasteiger partial charge in [-0.15, -0.1) is 0 Å². The van der Waals surface area contributed by atoms with Crippen molar-refractivity contribution in [1.82, 2.24) is 4.90 Å². The molecule has 0 heterocycles. The summed E-state index contributed by atoms with van der Waals surface area (Å²) in [6.07, 6.45) is 0. The molecular weight excluding hydrogens is 306 g/mol. The Kier molecular flexibility index (Phi) is 6.03. The third-order valence-electron chi connectivity index (χ3n) is 3.45. The third kappa shape index (κ3) is 5.17. The molecule has 0 atom stereocenters. The molecule has 0 bridgehead atoms. The lowest BCUT2D eigenvalue weighted by atomic mass is 10.2. The molecule has 0 aromatic heterocycles. The van der Waals surface area contributed by atoms with Crippen LogP contribution >= 0.6 is 0 Å². The molecular formula is C18H23N3O3. The lowest BCUT2D eigenvalue weighted by molar-refractivity contribution is -0.117. The maximum absolute atomic E-state index is 12.2. The van der Waals surface area contributed by atoms with Crippen molar-refractivity contribution in [3.8, 4) is 11.5 Å². The van der Waals surface area contributed by atoms with Gasteiger partial charge in [0.2, 0.25) is 5.91 Å². The molecule has 1 amide bonds. The summed E-state index contributed by atoms with van der Waals surface area (Å²) in [6.45, 7) is 0.897.